The van der Waals surface area contributed by atoms with Crippen LogP contribution < -0.4 is 5.32 Å². The zero-order valence-corrected chi connectivity index (χ0v) is 11.5. The van der Waals surface area contributed by atoms with Gasteiger partial charge in [0.25, 0.3) is 0 Å². The molecule has 8 heteroatoms. The van der Waals surface area contributed by atoms with Gasteiger partial charge in [-0.05, 0) is 37.9 Å². The summed E-state index contributed by atoms with van der Waals surface area (Å²) in [4.78, 5) is 3.95. The standard InChI is InChI=1S/C9H8Br2F4N2/c10-5-1-6(11)7(17-2-5)3-16-4-9(14,15)8(12)13/h1-2,8,16H,3-4H2. The van der Waals surface area contributed by atoms with Crippen LogP contribution in [0, 0.1) is 0 Å². The maximum absolute atomic E-state index is 12.6. The van der Waals surface area contributed by atoms with Crippen LogP contribution in [0.3, 0.4) is 0 Å². The van der Waals surface area contributed by atoms with Gasteiger partial charge in [-0.3, -0.25) is 4.98 Å². The van der Waals surface area contributed by atoms with Gasteiger partial charge in [0.2, 0.25) is 0 Å². The van der Waals surface area contributed by atoms with Gasteiger partial charge in [-0.25, -0.2) is 8.78 Å². The van der Waals surface area contributed by atoms with Crippen molar-refractivity contribution in [1.82, 2.24) is 10.3 Å². The average molecular weight is 380 g/mol. The average Bonchev–Trinajstić information content (AvgIpc) is 2.21. The van der Waals surface area contributed by atoms with Gasteiger partial charge < -0.3 is 5.32 Å². The number of nitrogens with zero attached hydrogens (tertiary/aromatic N) is 1. The number of rotatable bonds is 5. The van der Waals surface area contributed by atoms with Crippen LogP contribution in [-0.4, -0.2) is 23.9 Å². The van der Waals surface area contributed by atoms with Gasteiger partial charge in [-0.2, -0.15) is 8.78 Å². The number of nitrogens with one attached hydrogen (secondary N) is 1. The van der Waals surface area contributed by atoms with Crippen LogP contribution in [0.1, 0.15) is 5.69 Å². The van der Waals surface area contributed by atoms with Gasteiger partial charge >= 0.3 is 12.3 Å². The van der Waals surface area contributed by atoms with Crippen molar-refractivity contribution in [2.24, 2.45) is 0 Å². The number of hydrogen-bond acceptors (Lipinski definition) is 2. The topological polar surface area (TPSA) is 24.9 Å². The molecule has 1 aromatic rings. The minimum Gasteiger partial charge on any atom is -0.305 e. The van der Waals surface area contributed by atoms with Gasteiger partial charge in [0.05, 0.1) is 12.2 Å². The van der Waals surface area contributed by atoms with E-state index < -0.39 is 18.9 Å². The Labute approximate surface area is 112 Å². The summed E-state index contributed by atoms with van der Waals surface area (Å²) in [6.07, 6.45) is -2.18. The molecule has 0 fully saturated rings. The largest absolute Gasteiger partial charge is 0.319 e. The van der Waals surface area contributed by atoms with Crippen LogP contribution in [0.2, 0.25) is 0 Å². The Bertz CT molecular complexity index is 387. The summed E-state index contributed by atoms with van der Waals surface area (Å²) in [5.74, 6) is -4.03. The fraction of sp³-hybridized carbons (Fsp3) is 0.444. The number of alkyl halides is 4. The summed E-state index contributed by atoms with van der Waals surface area (Å²) in [5.41, 5.74) is 0.471. The quantitative estimate of drug-likeness (QED) is 0.791. The van der Waals surface area contributed by atoms with E-state index in [-0.39, 0.29) is 6.54 Å². The van der Waals surface area contributed by atoms with E-state index in [9.17, 15) is 17.6 Å². The number of halogens is 6. The summed E-state index contributed by atoms with van der Waals surface area (Å²) >= 11 is 6.37. The van der Waals surface area contributed by atoms with Crippen LogP contribution in [0.4, 0.5) is 17.6 Å². The molecule has 1 heterocycles. The van der Waals surface area contributed by atoms with Crippen molar-refractivity contribution in [3.8, 4) is 0 Å². The summed E-state index contributed by atoms with van der Waals surface area (Å²) in [7, 11) is 0. The molecule has 17 heavy (non-hydrogen) atoms. The van der Waals surface area contributed by atoms with Crippen molar-refractivity contribution in [3.63, 3.8) is 0 Å². The van der Waals surface area contributed by atoms with E-state index in [1.165, 1.54) is 6.20 Å². The molecule has 2 nitrogen and oxygen atoms in total. The lowest BCUT2D eigenvalue weighted by Crippen LogP contribution is -2.38. The summed E-state index contributed by atoms with van der Waals surface area (Å²) in [5, 5.41) is 2.25. The Morgan fingerprint density at radius 3 is 2.53 bits per heavy atom. The molecule has 1 aromatic heterocycles. The lowest BCUT2D eigenvalue weighted by Gasteiger charge is -2.15. The summed E-state index contributed by atoms with van der Waals surface area (Å²) in [6.45, 7) is -1.11. The lowest BCUT2D eigenvalue weighted by atomic mass is 10.3. The molecular formula is C9H8Br2F4N2. The molecule has 0 radical (unpaired) electrons. The SMILES string of the molecule is FC(F)C(F)(F)CNCc1ncc(Br)cc1Br. The molecule has 0 saturated heterocycles. The molecule has 96 valence electrons. The first kappa shape index (κ1) is 14.8. The summed E-state index contributed by atoms with van der Waals surface area (Å²) in [6, 6.07) is 1.69. The number of aromatic nitrogens is 1. The van der Waals surface area contributed by atoms with Gasteiger partial charge in [-0.15, -0.1) is 0 Å². The highest BCUT2D eigenvalue weighted by Gasteiger charge is 2.39. The van der Waals surface area contributed by atoms with Crippen molar-refractivity contribution < 1.29 is 17.6 Å². The van der Waals surface area contributed by atoms with Gasteiger partial charge in [0.1, 0.15) is 0 Å². The minimum atomic E-state index is -4.03. The van der Waals surface area contributed by atoms with Crippen molar-refractivity contribution in [3.05, 3.63) is 26.9 Å². The molecule has 0 amide bonds. The predicted octanol–water partition coefficient (Wildman–Crippen LogP) is 3.60. The van der Waals surface area contributed by atoms with Crippen LogP contribution >= 0.6 is 31.9 Å². The minimum absolute atomic E-state index is 0.0177. The Kier molecular flexibility index (Phi) is 5.33. The third-order valence-electron chi connectivity index (χ3n) is 1.86. The van der Waals surface area contributed by atoms with Crippen molar-refractivity contribution in [1.29, 1.82) is 0 Å². The zero-order valence-electron chi connectivity index (χ0n) is 8.36. The van der Waals surface area contributed by atoms with E-state index >= 15 is 0 Å². The smallest absolute Gasteiger partial charge is 0.305 e. The van der Waals surface area contributed by atoms with Gasteiger partial charge in [-0.1, -0.05) is 0 Å². The Hall–Kier alpha value is -0.210. The molecule has 0 bridgehead atoms. The van der Waals surface area contributed by atoms with E-state index in [1.807, 2.05) is 0 Å². The second kappa shape index (κ2) is 6.10. The third kappa shape index (κ3) is 4.51. The van der Waals surface area contributed by atoms with Crippen LogP contribution in [0.5, 0.6) is 0 Å². The zero-order chi connectivity index (χ0) is 13.1. The molecule has 0 aliphatic rings. The third-order valence-corrected chi connectivity index (χ3v) is 2.98. The Morgan fingerprint density at radius 1 is 1.35 bits per heavy atom. The van der Waals surface area contributed by atoms with Crippen LogP contribution in [0.15, 0.2) is 21.2 Å². The van der Waals surface area contributed by atoms with Crippen molar-refractivity contribution >= 4 is 31.9 Å². The van der Waals surface area contributed by atoms with Gasteiger partial charge in [0.15, 0.2) is 0 Å². The molecule has 0 saturated carbocycles. The highest BCUT2D eigenvalue weighted by atomic mass is 79.9. The Balaban J connectivity index is 2.51. The maximum Gasteiger partial charge on any atom is 0.319 e. The van der Waals surface area contributed by atoms with Crippen molar-refractivity contribution in [2.75, 3.05) is 6.54 Å². The molecule has 0 spiro atoms. The fourth-order valence-corrected chi connectivity index (χ4v) is 2.13. The first-order chi connectivity index (χ1) is 7.83. The van der Waals surface area contributed by atoms with E-state index in [2.05, 4.69) is 42.2 Å². The normalized spacial score (nSPS) is 12.2. The second-order valence-corrected chi connectivity index (χ2v) is 5.02. The summed E-state index contributed by atoms with van der Waals surface area (Å²) < 4.78 is 50.2. The van der Waals surface area contributed by atoms with E-state index in [4.69, 9.17) is 0 Å². The molecular weight excluding hydrogens is 372 g/mol. The molecule has 0 unspecified atom stereocenters. The highest BCUT2D eigenvalue weighted by molar-refractivity contribution is 9.11. The van der Waals surface area contributed by atoms with E-state index in [0.29, 0.717) is 10.2 Å². The lowest BCUT2D eigenvalue weighted by molar-refractivity contribution is -0.125. The number of hydrogen-bond donors (Lipinski definition) is 1. The Morgan fingerprint density at radius 2 is 2.00 bits per heavy atom. The molecule has 0 aliphatic carbocycles. The van der Waals surface area contributed by atoms with Crippen molar-refractivity contribution in [2.45, 2.75) is 18.9 Å². The molecule has 0 aliphatic heterocycles. The van der Waals surface area contributed by atoms with Gasteiger partial charge in [0, 0.05) is 21.7 Å². The molecule has 0 atom stereocenters. The van der Waals surface area contributed by atoms with E-state index in [0.717, 1.165) is 4.47 Å². The highest BCUT2D eigenvalue weighted by Crippen LogP contribution is 2.22. The number of pyridine rings is 1. The van der Waals surface area contributed by atoms with Crippen LogP contribution in [-0.2, 0) is 6.54 Å². The predicted molar refractivity (Wildman–Crippen MR) is 62.3 cm³/mol. The molecule has 0 aromatic carbocycles. The second-order valence-electron chi connectivity index (χ2n) is 3.25. The van der Waals surface area contributed by atoms with Crippen LogP contribution in [0.25, 0.3) is 0 Å². The maximum atomic E-state index is 12.6. The monoisotopic (exact) mass is 378 g/mol. The molecule has 1 N–H and O–H groups in total. The van der Waals surface area contributed by atoms with E-state index in [1.54, 1.807) is 6.07 Å². The molecule has 1 rings (SSSR count). The first-order valence-corrected chi connectivity index (χ1v) is 6.08. The fourth-order valence-electron chi connectivity index (χ4n) is 0.998. The first-order valence-electron chi connectivity index (χ1n) is 4.49.